The van der Waals surface area contributed by atoms with Crippen LogP contribution in [0.4, 0.5) is 4.79 Å². The van der Waals surface area contributed by atoms with Crippen LogP contribution >= 0.6 is 10.7 Å². The minimum atomic E-state index is -3.93. The summed E-state index contributed by atoms with van der Waals surface area (Å²) >= 11 is 0. The molecule has 2 atom stereocenters. The van der Waals surface area contributed by atoms with Gasteiger partial charge in [-0.2, -0.15) is 0 Å². The topological polar surface area (TPSA) is 112 Å². The fourth-order valence-corrected chi connectivity index (χ4v) is 2.58. The highest BCUT2D eigenvalue weighted by molar-refractivity contribution is 8.14. The molecule has 0 aliphatic carbocycles. The number of aliphatic carboxylic acids is 1. The van der Waals surface area contributed by atoms with Crippen molar-refractivity contribution in [3.05, 3.63) is 0 Å². The first-order chi connectivity index (χ1) is 6.73. The van der Waals surface area contributed by atoms with Crippen molar-refractivity contribution < 1.29 is 28.2 Å². The smallest absolute Gasteiger partial charge is 0.408 e. The average molecular weight is 258 g/mol. The summed E-state index contributed by atoms with van der Waals surface area (Å²) < 4.78 is 21.8. The maximum atomic E-state index is 10.9. The molecule has 7 nitrogen and oxygen atoms in total. The predicted octanol–water partition coefficient (Wildman–Crippen LogP) is -0.239. The van der Waals surface area contributed by atoms with Gasteiger partial charge in [-0.3, -0.25) is 4.90 Å². The number of carboxylic acids is 1. The summed E-state index contributed by atoms with van der Waals surface area (Å²) in [5, 5.41) is 16.2. The van der Waals surface area contributed by atoms with Crippen LogP contribution < -0.4 is 0 Å². The van der Waals surface area contributed by atoms with E-state index in [1.165, 1.54) is 0 Å². The van der Waals surface area contributed by atoms with E-state index in [-0.39, 0.29) is 6.42 Å². The Morgan fingerprint density at radius 3 is 2.13 bits per heavy atom. The highest BCUT2D eigenvalue weighted by Crippen LogP contribution is 2.25. The second-order valence-corrected chi connectivity index (χ2v) is 6.03. The number of nitrogens with zero attached hydrogens (tertiary/aromatic N) is 1. The number of carbonyl (C=O) groups is 2. The van der Waals surface area contributed by atoms with Crippen molar-refractivity contribution >= 4 is 31.8 Å². The third-order valence-electron chi connectivity index (χ3n) is 2.19. The van der Waals surface area contributed by atoms with E-state index in [0.717, 1.165) is 0 Å². The first-order valence-electron chi connectivity index (χ1n) is 3.89. The molecule has 1 aliphatic rings. The Balaban J connectivity index is 2.93. The van der Waals surface area contributed by atoms with Crippen LogP contribution in [-0.4, -0.2) is 53.4 Å². The van der Waals surface area contributed by atoms with E-state index in [0.29, 0.717) is 4.90 Å². The SMILES string of the molecule is O=C(O)[C@@H]1C[C@H](S(=O)(=O)Cl)CN1C(=O)O. The van der Waals surface area contributed by atoms with Crippen LogP contribution in [-0.2, 0) is 13.8 Å². The summed E-state index contributed by atoms with van der Waals surface area (Å²) in [6, 6.07) is -1.35. The Morgan fingerprint density at radius 1 is 1.33 bits per heavy atom. The van der Waals surface area contributed by atoms with Gasteiger partial charge in [-0.25, -0.2) is 18.0 Å². The number of likely N-dealkylation sites (tertiary alicyclic amines) is 1. The Hall–Kier alpha value is -1.02. The highest BCUT2D eigenvalue weighted by Gasteiger charge is 2.44. The molecule has 1 aliphatic heterocycles. The lowest BCUT2D eigenvalue weighted by atomic mass is 10.2. The fourth-order valence-electron chi connectivity index (χ4n) is 1.45. The zero-order chi connectivity index (χ0) is 11.8. The molecule has 2 N–H and O–H groups in total. The maximum Gasteiger partial charge on any atom is 0.408 e. The van der Waals surface area contributed by atoms with Crippen LogP contribution in [0.2, 0.25) is 0 Å². The molecule has 0 saturated carbocycles. The van der Waals surface area contributed by atoms with E-state index in [1.807, 2.05) is 0 Å². The van der Waals surface area contributed by atoms with Gasteiger partial charge in [-0.1, -0.05) is 0 Å². The lowest BCUT2D eigenvalue weighted by Crippen LogP contribution is -2.39. The molecule has 0 aromatic carbocycles. The third-order valence-corrected chi connectivity index (χ3v) is 4.09. The zero-order valence-corrected chi connectivity index (χ0v) is 8.90. The summed E-state index contributed by atoms with van der Waals surface area (Å²) in [4.78, 5) is 21.8. The van der Waals surface area contributed by atoms with Gasteiger partial charge in [0, 0.05) is 17.2 Å². The summed E-state index contributed by atoms with van der Waals surface area (Å²) in [6.07, 6.45) is -1.78. The molecule has 0 aromatic heterocycles. The molecule has 86 valence electrons. The standard InChI is InChI=1S/C6H8ClNO6S/c7-15(13,14)3-1-4(5(9)10)8(2-3)6(11)12/h3-4H,1-2H2,(H,9,10)(H,11,12)/t3-,4-/m0/s1. The Morgan fingerprint density at radius 2 is 1.87 bits per heavy atom. The van der Waals surface area contributed by atoms with E-state index >= 15 is 0 Å². The Bertz CT molecular complexity index is 370. The molecule has 0 aromatic rings. The van der Waals surface area contributed by atoms with Crippen LogP contribution in [0.1, 0.15) is 6.42 Å². The third kappa shape index (κ3) is 2.51. The summed E-state index contributed by atoms with van der Waals surface area (Å²) in [5.41, 5.74) is 0. The molecule has 0 bridgehead atoms. The van der Waals surface area contributed by atoms with Gasteiger partial charge in [0.2, 0.25) is 9.05 Å². The van der Waals surface area contributed by atoms with Crippen molar-refractivity contribution in [2.75, 3.05) is 6.54 Å². The van der Waals surface area contributed by atoms with Gasteiger partial charge in [0.05, 0.1) is 5.25 Å². The van der Waals surface area contributed by atoms with Crippen molar-refractivity contribution in [3.8, 4) is 0 Å². The normalized spacial score (nSPS) is 26.6. The molecule has 0 radical (unpaired) electrons. The minimum absolute atomic E-state index is 0.312. The largest absolute Gasteiger partial charge is 0.480 e. The second kappa shape index (κ2) is 3.86. The number of carboxylic acid groups (broad SMARTS) is 2. The van der Waals surface area contributed by atoms with Crippen LogP contribution in [0, 0.1) is 0 Å². The van der Waals surface area contributed by atoms with Crippen molar-refractivity contribution in [1.82, 2.24) is 4.90 Å². The lowest BCUT2D eigenvalue weighted by molar-refractivity contribution is -0.141. The van der Waals surface area contributed by atoms with Gasteiger partial charge in [0.25, 0.3) is 0 Å². The summed E-state index contributed by atoms with van der Waals surface area (Å²) in [7, 11) is 1.11. The number of amides is 1. The molecule has 0 unspecified atom stereocenters. The first-order valence-corrected chi connectivity index (χ1v) is 6.26. The monoisotopic (exact) mass is 257 g/mol. The molecule has 9 heteroatoms. The van der Waals surface area contributed by atoms with Gasteiger partial charge < -0.3 is 10.2 Å². The van der Waals surface area contributed by atoms with Crippen LogP contribution in [0.25, 0.3) is 0 Å². The lowest BCUT2D eigenvalue weighted by Gasteiger charge is -2.16. The van der Waals surface area contributed by atoms with Gasteiger partial charge in [-0.05, 0) is 6.42 Å². The van der Waals surface area contributed by atoms with Crippen molar-refractivity contribution in [3.63, 3.8) is 0 Å². The predicted molar refractivity (Wildman–Crippen MR) is 49.3 cm³/mol. The number of rotatable bonds is 2. The van der Waals surface area contributed by atoms with E-state index in [4.69, 9.17) is 20.9 Å². The first kappa shape index (κ1) is 12.1. The summed E-state index contributed by atoms with van der Waals surface area (Å²) in [5.74, 6) is -1.37. The molecule has 15 heavy (non-hydrogen) atoms. The highest BCUT2D eigenvalue weighted by atomic mass is 35.7. The average Bonchev–Trinajstić information content (AvgIpc) is 2.45. The van der Waals surface area contributed by atoms with Crippen molar-refractivity contribution in [1.29, 1.82) is 0 Å². The van der Waals surface area contributed by atoms with Gasteiger partial charge >= 0.3 is 12.1 Å². The zero-order valence-electron chi connectivity index (χ0n) is 7.33. The van der Waals surface area contributed by atoms with E-state index in [9.17, 15) is 18.0 Å². The molecule has 1 fully saturated rings. The molecule has 1 rings (SSSR count). The molecular weight excluding hydrogens is 250 g/mol. The second-order valence-electron chi connectivity index (χ2n) is 3.12. The Kier molecular flexibility index (Phi) is 3.10. The number of hydrogen-bond donors (Lipinski definition) is 2. The van der Waals surface area contributed by atoms with Gasteiger partial charge in [-0.15, -0.1) is 0 Å². The maximum absolute atomic E-state index is 10.9. The van der Waals surface area contributed by atoms with Crippen LogP contribution in [0.15, 0.2) is 0 Å². The molecular formula is C6H8ClNO6S. The van der Waals surface area contributed by atoms with Crippen molar-refractivity contribution in [2.45, 2.75) is 17.7 Å². The van der Waals surface area contributed by atoms with Crippen molar-refractivity contribution in [2.24, 2.45) is 0 Å². The minimum Gasteiger partial charge on any atom is -0.480 e. The van der Waals surface area contributed by atoms with E-state index < -0.39 is 38.9 Å². The number of halogens is 1. The molecule has 1 saturated heterocycles. The fraction of sp³-hybridized carbons (Fsp3) is 0.667. The summed E-state index contributed by atoms with van der Waals surface area (Å²) in [6.45, 7) is -0.405. The molecule has 1 amide bonds. The molecule has 1 heterocycles. The Labute approximate surface area is 89.7 Å². The van der Waals surface area contributed by atoms with Gasteiger partial charge in [0.1, 0.15) is 6.04 Å². The van der Waals surface area contributed by atoms with Gasteiger partial charge in [0.15, 0.2) is 0 Å². The molecule has 0 spiro atoms. The van der Waals surface area contributed by atoms with Crippen LogP contribution in [0.3, 0.4) is 0 Å². The van der Waals surface area contributed by atoms with E-state index in [2.05, 4.69) is 0 Å². The number of hydrogen-bond acceptors (Lipinski definition) is 4. The van der Waals surface area contributed by atoms with E-state index in [1.54, 1.807) is 0 Å². The quantitative estimate of drug-likeness (QED) is 0.660. The van der Waals surface area contributed by atoms with Crippen LogP contribution in [0.5, 0.6) is 0 Å².